The molecule has 3 aromatic rings. The number of fused-ring (bicyclic) bond motifs is 2. The Kier molecular flexibility index (Phi) is 16.3. The predicted octanol–water partition coefficient (Wildman–Crippen LogP) is 7.71. The maximum atomic E-state index is 14.2. The van der Waals surface area contributed by atoms with Crippen LogP contribution in [-0.4, -0.2) is 95.6 Å². The highest BCUT2D eigenvalue weighted by Crippen LogP contribution is 2.40. The van der Waals surface area contributed by atoms with Gasteiger partial charge in [-0.15, -0.1) is 0 Å². The van der Waals surface area contributed by atoms with Gasteiger partial charge in [0.25, 0.3) is 0 Å². The first-order chi connectivity index (χ1) is 33.2. The molecule has 0 aromatic heterocycles. The summed E-state index contributed by atoms with van der Waals surface area (Å²) in [6, 6.07) is 17.9. The average molecular weight is 958 g/mol. The van der Waals surface area contributed by atoms with Crippen molar-refractivity contribution in [3.63, 3.8) is 0 Å². The molecule has 2 heterocycles. The number of amides is 6. The average Bonchev–Trinajstić information content (AvgIpc) is 4.05. The lowest BCUT2D eigenvalue weighted by atomic mass is 9.81. The topological polar surface area (TPSA) is 169 Å². The summed E-state index contributed by atoms with van der Waals surface area (Å²) in [5, 5.41) is 15.7. The van der Waals surface area contributed by atoms with Crippen LogP contribution in [0.1, 0.15) is 154 Å². The summed E-state index contributed by atoms with van der Waals surface area (Å²) >= 11 is 0. The molecule has 2 fully saturated rings. The Morgan fingerprint density at radius 2 is 1.00 bits per heavy atom. The number of hydrogen-bond donors (Lipinski definition) is 5. The molecular formula is C57H79N7O6. The van der Waals surface area contributed by atoms with Crippen molar-refractivity contribution in [3.8, 4) is 22.3 Å². The van der Waals surface area contributed by atoms with Gasteiger partial charge >= 0.3 is 0 Å². The normalized spacial score (nSPS) is 21.9. The highest BCUT2D eigenvalue weighted by atomic mass is 16.2. The second kappa shape index (κ2) is 21.8. The number of nitrogens with zero attached hydrogens (tertiary/aromatic N) is 2. The van der Waals surface area contributed by atoms with Crippen LogP contribution in [0.3, 0.4) is 0 Å². The van der Waals surface area contributed by atoms with Crippen LogP contribution in [-0.2, 0) is 41.6 Å². The van der Waals surface area contributed by atoms with E-state index < -0.39 is 41.0 Å². The summed E-state index contributed by atoms with van der Waals surface area (Å²) in [6.45, 7) is 18.2. The highest BCUT2D eigenvalue weighted by molar-refractivity contribution is 5.95. The molecule has 0 bridgehead atoms. The van der Waals surface area contributed by atoms with Gasteiger partial charge in [0.05, 0.1) is 18.1 Å². The van der Waals surface area contributed by atoms with Gasteiger partial charge in [-0.1, -0.05) is 116 Å². The molecule has 0 spiro atoms. The van der Waals surface area contributed by atoms with Crippen molar-refractivity contribution in [2.45, 2.75) is 175 Å². The standard InChI is InChI=1S/C57H79N7O6/c1-11-34(2)50(65)61-48(56(4,5)6)54(69)63-32-16-26-46(63)52(67)59-44-24-14-20-40-38(18-12-22-42(40)44)36-28-30-37(31-29-36)39-19-13-23-43-41(39)21-15-25-45(43)60-53(68)47-27-17-33-64(47)55(70)49(57(7,8)9)62-51(66)35(3)58-10/h12-13,18-19,22-23,28-31,34-35,44-49,58H,11,14-17,20-21,24-27,32-33H2,1-10H3,(H,59,67)(H,60,68)(H,61,65)(H,62,66)/t34-,35+,44-,45-,46+,47+,48-,49-/m1/s1. The predicted molar refractivity (Wildman–Crippen MR) is 275 cm³/mol. The van der Waals surface area contributed by atoms with Crippen molar-refractivity contribution in [1.29, 1.82) is 0 Å². The van der Waals surface area contributed by atoms with E-state index in [1.165, 1.54) is 11.1 Å². The molecule has 0 unspecified atom stereocenters. The van der Waals surface area contributed by atoms with Gasteiger partial charge in [0.15, 0.2) is 0 Å². The number of benzene rings is 3. The van der Waals surface area contributed by atoms with Crippen LogP contribution in [0.15, 0.2) is 60.7 Å². The maximum absolute atomic E-state index is 14.2. The first kappa shape index (κ1) is 52.3. The van der Waals surface area contributed by atoms with Gasteiger partial charge in [0.1, 0.15) is 24.2 Å². The highest BCUT2D eigenvalue weighted by Gasteiger charge is 2.44. The summed E-state index contributed by atoms with van der Waals surface area (Å²) in [7, 11) is 1.71. The number of hydrogen-bond acceptors (Lipinski definition) is 7. The van der Waals surface area contributed by atoms with E-state index in [-0.39, 0.29) is 53.4 Å². The van der Waals surface area contributed by atoms with Crippen LogP contribution in [0.5, 0.6) is 0 Å². The Labute approximate surface area is 416 Å². The lowest BCUT2D eigenvalue weighted by molar-refractivity contribution is -0.144. The molecule has 0 saturated carbocycles. The van der Waals surface area contributed by atoms with Gasteiger partial charge in [0.2, 0.25) is 35.4 Å². The molecule has 378 valence electrons. The molecule has 3 aromatic carbocycles. The molecule has 8 atom stereocenters. The molecule has 2 aliphatic heterocycles. The van der Waals surface area contributed by atoms with E-state index in [0.717, 1.165) is 84.7 Å². The SMILES string of the molecule is CC[C@@H](C)C(=O)N[C@H](C(=O)N1CCC[C@H]1C(=O)N[C@@H]1CCCc2c(-c3ccc(-c4cccc5c4CCC[C@H]5NC(=O)[C@@H]4CCCN4C(=O)[C@@H](NC(=O)[C@H](C)NC)C(C)(C)C)cc3)cccc21)C(C)(C)C. The van der Waals surface area contributed by atoms with E-state index in [1.807, 2.05) is 55.4 Å². The summed E-state index contributed by atoms with van der Waals surface area (Å²) in [4.78, 5) is 85.8. The summed E-state index contributed by atoms with van der Waals surface area (Å²) in [6.07, 6.45) is 8.51. The zero-order valence-corrected chi connectivity index (χ0v) is 43.4. The third-order valence-corrected chi connectivity index (χ3v) is 15.5. The molecule has 13 nitrogen and oxygen atoms in total. The van der Waals surface area contributed by atoms with E-state index in [4.69, 9.17) is 0 Å². The minimum Gasteiger partial charge on any atom is -0.347 e. The van der Waals surface area contributed by atoms with Crippen LogP contribution in [0.25, 0.3) is 22.3 Å². The molecule has 70 heavy (non-hydrogen) atoms. The van der Waals surface area contributed by atoms with Crippen LogP contribution >= 0.6 is 0 Å². The molecule has 0 radical (unpaired) electrons. The van der Waals surface area contributed by atoms with Crippen LogP contribution in [0.2, 0.25) is 0 Å². The fraction of sp³-hybridized carbons (Fsp3) is 0.579. The van der Waals surface area contributed by atoms with Crippen molar-refractivity contribution < 1.29 is 28.8 Å². The molecule has 7 rings (SSSR count). The molecule has 4 aliphatic rings. The maximum Gasteiger partial charge on any atom is 0.246 e. The number of carbonyl (C=O) groups is 6. The van der Waals surface area contributed by atoms with Gasteiger partial charge in [-0.25, -0.2) is 0 Å². The van der Waals surface area contributed by atoms with Crippen molar-refractivity contribution in [1.82, 2.24) is 36.4 Å². The van der Waals surface area contributed by atoms with E-state index >= 15 is 0 Å². The minimum absolute atomic E-state index is 0.144. The third kappa shape index (κ3) is 11.3. The first-order valence-corrected chi connectivity index (χ1v) is 26.1. The van der Waals surface area contributed by atoms with E-state index in [1.54, 1.807) is 23.8 Å². The molecule has 5 N–H and O–H groups in total. The Bertz CT molecular complexity index is 2250. The smallest absolute Gasteiger partial charge is 0.246 e. The molecular weight excluding hydrogens is 879 g/mol. The molecule has 6 amide bonds. The quantitative estimate of drug-likeness (QED) is 0.110. The molecule has 2 saturated heterocycles. The summed E-state index contributed by atoms with van der Waals surface area (Å²) in [5.74, 6) is -1.34. The van der Waals surface area contributed by atoms with E-state index in [9.17, 15) is 28.8 Å². The second-order valence-electron chi connectivity index (χ2n) is 22.5. The van der Waals surface area contributed by atoms with E-state index in [0.29, 0.717) is 32.4 Å². The Hall–Kier alpha value is -5.56. The van der Waals surface area contributed by atoms with Gasteiger partial charge in [0, 0.05) is 19.0 Å². The van der Waals surface area contributed by atoms with Crippen LogP contribution in [0.4, 0.5) is 0 Å². The third-order valence-electron chi connectivity index (χ3n) is 15.5. The Morgan fingerprint density at radius 1 is 0.586 bits per heavy atom. The number of likely N-dealkylation sites (tertiary alicyclic amines) is 2. The number of carbonyl (C=O) groups excluding carboxylic acids is 6. The van der Waals surface area contributed by atoms with Gasteiger partial charge in [-0.3, -0.25) is 28.8 Å². The Morgan fingerprint density at radius 3 is 1.39 bits per heavy atom. The zero-order valence-electron chi connectivity index (χ0n) is 43.4. The van der Waals surface area contributed by atoms with E-state index in [2.05, 4.69) is 87.2 Å². The van der Waals surface area contributed by atoms with Crippen molar-refractivity contribution in [3.05, 3.63) is 82.9 Å². The fourth-order valence-corrected chi connectivity index (χ4v) is 11.0. The largest absolute Gasteiger partial charge is 0.347 e. The fourth-order valence-electron chi connectivity index (χ4n) is 11.0. The number of rotatable bonds is 14. The van der Waals surface area contributed by atoms with Gasteiger partial charge in [-0.2, -0.15) is 0 Å². The number of likely N-dealkylation sites (N-methyl/N-ethyl adjacent to an activating group) is 1. The first-order valence-electron chi connectivity index (χ1n) is 26.1. The monoisotopic (exact) mass is 958 g/mol. The Balaban J connectivity index is 1.04. The lowest BCUT2D eigenvalue weighted by Gasteiger charge is -2.36. The zero-order chi connectivity index (χ0) is 50.7. The van der Waals surface area contributed by atoms with Gasteiger partial charge < -0.3 is 36.4 Å². The van der Waals surface area contributed by atoms with Crippen LogP contribution in [0, 0.1) is 16.7 Å². The number of nitrogens with one attached hydrogen (secondary N) is 5. The lowest BCUT2D eigenvalue weighted by Crippen LogP contribution is -2.59. The van der Waals surface area contributed by atoms with Crippen molar-refractivity contribution in [2.75, 3.05) is 20.1 Å². The summed E-state index contributed by atoms with van der Waals surface area (Å²) < 4.78 is 0. The van der Waals surface area contributed by atoms with Crippen molar-refractivity contribution in [2.24, 2.45) is 16.7 Å². The molecule has 13 heteroatoms. The minimum atomic E-state index is -0.775. The summed E-state index contributed by atoms with van der Waals surface area (Å²) in [5.41, 5.74) is 8.07. The second-order valence-corrected chi connectivity index (χ2v) is 22.5. The van der Waals surface area contributed by atoms with Gasteiger partial charge in [-0.05, 0) is 140 Å². The van der Waals surface area contributed by atoms with Crippen LogP contribution < -0.4 is 26.6 Å². The van der Waals surface area contributed by atoms with Crippen molar-refractivity contribution >= 4 is 35.4 Å². The molecule has 2 aliphatic carbocycles.